The van der Waals surface area contributed by atoms with E-state index in [0.717, 1.165) is 0 Å². The third-order valence-electron chi connectivity index (χ3n) is 1.65. The zero-order chi connectivity index (χ0) is 9.26. The fourth-order valence-electron chi connectivity index (χ4n) is 1.01. The number of fused-ring (bicyclic) bond motifs is 1. The quantitative estimate of drug-likeness (QED) is 0.665. The Morgan fingerprint density at radius 1 is 1.38 bits per heavy atom. The van der Waals surface area contributed by atoms with Crippen molar-refractivity contribution in [3.05, 3.63) is 30.1 Å². The maximum Gasteiger partial charge on any atom is 0.250 e. The van der Waals surface area contributed by atoms with Crippen LogP contribution >= 0.6 is 0 Å². The van der Waals surface area contributed by atoms with Crippen molar-refractivity contribution in [1.29, 1.82) is 0 Å². The van der Waals surface area contributed by atoms with E-state index in [1.807, 2.05) is 0 Å². The highest BCUT2D eigenvalue weighted by Gasteiger charge is 2.02. The lowest BCUT2D eigenvalue weighted by atomic mass is 10.2. The molecule has 0 unspecified atom stereocenters. The fraction of sp³-hybridized carbons (Fsp3) is 0. The summed E-state index contributed by atoms with van der Waals surface area (Å²) in [5, 5.41) is 7.48. The van der Waals surface area contributed by atoms with Crippen LogP contribution in [-0.2, 0) is 0 Å². The van der Waals surface area contributed by atoms with E-state index >= 15 is 0 Å². The van der Waals surface area contributed by atoms with Crippen molar-refractivity contribution in [1.82, 2.24) is 15.2 Å². The van der Waals surface area contributed by atoms with Gasteiger partial charge in [-0.3, -0.25) is 9.78 Å². The summed E-state index contributed by atoms with van der Waals surface area (Å²) in [6.07, 6.45) is 2.96. The van der Waals surface area contributed by atoms with E-state index in [0.29, 0.717) is 16.6 Å². The molecule has 0 aliphatic carbocycles. The molecule has 1 amide bonds. The van der Waals surface area contributed by atoms with Gasteiger partial charge in [0.1, 0.15) is 5.52 Å². The van der Waals surface area contributed by atoms with Crippen molar-refractivity contribution in [2.75, 3.05) is 0 Å². The maximum atomic E-state index is 10.8. The lowest BCUT2D eigenvalue weighted by Crippen LogP contribution is -2.11. The summed E-state index contributed by atoms with van der Waals surface area (Å²) in [6, 6.07) is 3.28. The predicted molar refractivity (Wildman–Crippen MR) is 45.9 cm³/mol. The summed E-state index contributed by atoms with van der Waals surface area (Å²) in [5.74, 6) is -0.514. The molecule has 0 radical (unpaired) electrons. The average molecular weight is 174 g/mol. The third kappa shape index (κ3) is 1.31. The molecule has 2 aromatic heterocycles. The summed E-state index contributed by atoms with van der Waals surface area (Å²) in [5.41, 5.74) is 6.68. The van der Waals surface area contributed by atoms with E-state index in [1.165, 1.54) is 6.20 Å². The molecule has 5 nitrogen and oxygen atoms in total. The van der Waals surface area contributed by atoms with Crippen LogP contribution in [0.25, 0.3) is 11.0 Å². The summed E-state index contributed by atoms with van der Waals surface area (Å²) < 4.78 is 0. The molecule has 0 aromatic carbocycles. The van der Waals surface area contributed by atoms with E-state index in [1.54, 1.807) is 18.3 Å². The number of primary amides is 1. The zero-order valence-electron chi connectivity index (χ0n) is 6.64. The second-order valence-corrected chi connectivity index (χ2v) is 2.52. The number of pyridine rings is 1. The molecule has 2 N–H and O–H groups in total. The molecule has 2 rings (SSSR count). The Morgan fingerprint density at radius 2 is 2.23 bits per heavy atom. The van der Waals surface area contributed by atoms with Crippen molar-refractivity contribution in [3.8, 4) is 0 Å². The highest BCUT2D eigenvalue weighted by Crippen LogP contribution is 2.07. The summed E-state index contributed by atoms with van der Waals surface area (Å²) in [7, 11) is 0. The largest absolute Gasteiger partial charge is 0.366 e. The topological polar surface area (TPSA) is 81.8 Å². The number of amides is 1. The Morgan fingerprint density at radius 3 is 3.00 bits per heavy atom. The van der Waals surface area contributed by atoms with E-state index in [2.05, 4.69) is 15.2 Å². The first-order valence-electron chi connectivity index (χ1n) is 3.64. The molecule has 13 heavy (non-hydrogen) atoms. The minimum Gasteiger partial charge on any atom is -0.366 e. The molecule has 0 aliphatic heterocycles. The molecule has 0 aliphatic rings. The number of rotatable bonds is 1. The van der Waals surface area contributed by atoms with E-state index in [4.69, 9.17) is 5.73 Å². The van der Waals surface area contributed by atoms with Gasteiger partial charge >= 0.3 is 0 Å². The van der Waals surface area contributed by atoms with Crippen LogP contribution in [0.1, 0.15) is 10.4 Å². The van der Waals surface area contributed by atoms with Crippen LogP contribution in [0.3, 0.4) is 0 Å². The standard InChI is InChI=1S/C8H6N4O/c9-8(13)5-3-7-6(10-4-5)1-2-11-12-7/h1-4H,(H2,9,13). The van der Waals surface area contributed by atoms with Crippen molar-refractivity contribution in [2.45, 2.75) is 0 Å². The SMILES string of the molecule is NC(=O)c1cnc2ccnnc2c1. The molecule has 2 heterocycles. The second kappa shape index (κ2) is 2.78. The molecule has 0 atom stereocenters. The normalized spacial score (nSPS) is 10.2. The predicted octanol–water partition coefficient (Wildman–Crippen LogP) is 0.124. The number of nitrogens with zero attached hydrogens (tertiary/aromatic N) is 3. The molecular weight excluding hydrogens is 168 g/mol. The van der Waals surface area contributed by atoms with Crippen LogP contribution in [0.4, 0.5) is 0 Å². The van der Waals surface area contributed by atoms with Crippen LogP contribution < -0.4 is 5.73 Å². The Balaban J connectivity index is 2.69. The first kappa shape index (κ1) is 7.60. The van der Waals surface area contributed by atoms with Crippen LogP contribution in [0.2, 0.25) is 0 Å². The Bertz CT molecular complexity index is 468. The smallest absolute Gasteiger partial charge is 0.250 e. The fourth-order valence-corrected chi connectivity index (χ4v) is 1.01. The number of carbonyl (C=O) groups excluding carboxylic acids is 1. The Kier molecular flexibility index (Phi) is 1.63. The summed E-state index contributed by atoms with van der Waals surface area (Å²) in [6.45, 7) is 0. The number of hydrogen-bond donors (Lipinski definition) is 1. The van der Waals surface area contributed by atoms with Crippen molar-refractivity contribution in [2.24, 2.45) is 5.73 Å². The molecule has 0 saturated heterocycles. The third-order valence-corrected chi connectivity index (χ3v) is 1.65. The first-order valence-corrected chi connectivity index (χ1v) is 3.64. The molecular formula is C8H6N4O. The lowest BCUT2D eigenvalue weighted by molar-refractivity contribution is 0.1000. The van der Waals surface area contributed by atoms with Gasteiger partial charge in [-0.2, -0.15) is 5.10 Å². The molecule has 0 saturated carbocycles. The van der Waals surface area contributed by atoms with Gasteiger partial charge in [0.2, 0.25) is 5.91 Å². The maximum absolute atomic E-state index is 10.8. The Labute approximate surface area is 73.6 Å². The van der Waals surface area contributed by atoms with Crippen molar-refractivity contribution >= 4 is 16.9 Å². The molecule has 0 spiro atoms. The van der Waals surface area contributed by atoms with E-state index < -0.39 is 5.91 Å². The molecule has 64 valence electrons. The minimum atomic E-state index is -0.514. The highest BCUT2D eigenvalue weighted by molar-refractivity contribution is 5.95. The number of nitrogens with two attached hydrogens (primary N) is 1. The zero-order valence-corrected chi connectivity index (χ0v) is 6.64. The lowest BCUT2D eigenvalue weighted by Gasteiger charge is -1.96. The van der Waals surface area contributed by atoms with Gasteiger partial charge in [-0.05, 0) is 12.1 Å². The van der Waals surface area contributed by atoms with Gasteiger partial charge in [0.25, 0.3) is 0 Å². The van der Waals surface area contributed by atoms with Gasteiger partial charge < -0.3 is 5.73 Å². The molecule has 0 bridgehead atoms. The minimum absolute atomic E-state index is 0.341. The first-order chi connectivity index (χ1) is 6.27. The molecule has 0 fully saturated rings. The second-order valence-electron chi connectivity index (χ2n) is 2.52. The van der Waals surface area contributed by atoms with Gasteiger partial charge in [-0.1, -0.05) is 0 Å². The van der Waals surface area contributed by atoms with Crippen LogP contribution in [0, 0.1) is 0 Å². The van der Waals surface area contributed by atoms with Crippen LogP contribution in [0.5, 0.6) is 0 Å². The van der Waals surface area contributed by atoms with Crippen LogP contribution in [-0.4, -0.2) is 21.1 Å². The molecule has 5 heteroatoms. The number of hydrogen-bond acceptors (Lipinski definition) is 4. The van der Waals surface area contributed by atoms with Crippen LogP contribution in [0.15, 0.2) is 24.5 Å². The average Bonchev–Trinajstić information content (AvgIpc) is 2.17. The van der Waals surface area contributed by atoms with Gasteiger partial charge in [-0.15, -0.1) is 5.10 Å². The Hall–Kier alpha value is -2.04. The van der Waals surface area contributed by atoms with Gasteiger partial charge in [0, 0.05) is 6.20 Å². The van der Waals surface area contributed by atoms with Gasteiger partial charge in [0.15, 0.2) is 0 Å². The van der Waals surface area contributed by atoms with Crippen molar-refractivity contribution in [3.63, 3.8) is 0 Å². The van der Waals surface area contributed by atoms with Gasteiger partial charge in [-0.25, -0.2) is 0 Å². The summed E-state index contributed by atoms with van der Waals surface area (Å²) in [4.78, 5) is 14.8. The monoisotopic (exact) mass is 174 g/mol. The summed E-state index contributed by atoms with van der Waals surface area (Å²) >= 11 is 0. The number of aromatic nitrogens is 3. The highest BCUT2D eigenvalue weighted by atomic mass is 16.1. The van der Waals surface area contributed by atoms with Crippen molar-refractivity contribution < 1.29 is 4.79 Å². The van der Waals surface area contributed by atoms with Gasteiger partial charge in [0.05, 0.1) is 17.3 Å². The van der Waals surface area contributed by atoms with E-state index in [9.17, 15) is 4.79 Å². The molecule has 2 aromatic rings. The number of carbonyl (C=O) groups is 1. The van der Waals surface area contributed by atoms with E-state index in [-0.39, 0.29) is 0 Å².